The first-order valence-corrected chi connectivity index (χ1v) is 9.96. The van der Waals surface area contributed by atoms with Crippen molar-refractivity contribution >= 4 is 22.9 Å². The van der Waals surface area contributed by atoms with Crippen LogP contribution in [0.25, 0.3) is 11.2 Å². The van der Waals surface area contributed by atoms with Gasteiger partial charge in [-0.25, -0.2) is 15.0 Å². The highest BCUT2D eigenvalue weighted by Gasteiger charge is 2.54. The van der Waals surface area contributed by atoms with Gasteiger partial charge in [0.25, 0.3) is 0 Å². The molecule has 1 aliphatic carbocycles. The van der Waals surface area contributed by atoms with Gasteiger partial charge in [0.05, 0.1) is 23.9 Å². The highest BCUT2D eigenvalue weighted by atomic mass is 16.3. The first-order valence-electron chi connectivity index (χ1n) is 9.96. The molecule has 3 aromatic rings. The number of hydrogen-bond donors (Lipinski definition) is 4. The fourth-order valence-electron chi connectivity index (χ4n) is 4.08. The number of aliphatic hydroxyl groups is 2. The zero-order chi connectivity index (χ0) is 22.2. The Morgan fingerprint density at radius 2 is 1.94 bits per heavy atom. The lowest BCUT2D eigenvalue weighted by molar-refractivity contribution is -0.136. The first kappa shape index (κ1) is 20.8. The smallest absolute Gasteiger partial charge is 0.228 e. The number of imidazole rings is 1. The number of aliphatic hydroxyl groups excluding tert-OH is 2. The van der Waals surface area contributed by atoms with Crippen LogP contribution in [0, 0.1) is 17.3 Å². The van der Waals surface area contributed by atoms with E-state index in [1.807, 2.05) is 30.3 Å². The van der Waals surface area contributed by atoms with E-state index >= 15 is 0 Å². The summed E-state index contributed by atoms with van der Waals surface area (Å²) in [5.74, 6) is 6.48. The van der Waals surface area contributed by atoms with Crippen LogP contribution in [0.3, 0.4) is 0 Å². The minimum atomic E-state index is -1.22. The molecule has 0 bridgehead atoms. The van der Waals surface area contributed by atoms with E-state index in [4.69, 9.17) is 0 Å². The van der Waals surface area contributed by atoms with Gasteiger partial charge in [0, 0.05) is 19.7 Å². The summed E-state index contributed by atoms with van der Waals surface area (Å²) >= 11 is 0. The van der Waals surface area contributed by atoms with Crippen molar-refractivity contribution in [2.75, 3.05) is 19.4 Å². The second-order valence-electron chi connectivity index (χ2n) is 7.79. The average Bonchev–Trinajstić information content (AvgIpc) is 3.32. The van der Waals surface area contributed by atoms with Crippen LogP contribution in [-0.4, -0.2) is 61.9 Å². The molecule has 2 heterocycles. The predicted molar refractivity (Wildman–Crippen MR) is 115 cm³/mol. The minimum absolute atomic E-state index is 0.227. The molecule has 4 rings (SSSR count). The van der Waals surface area contributed by atoms with E-state index in [0.29, 0.717) is 22.8 Å². The molecule has 2 aromatic heterocycles. The molecule has 0 saturated heterocycles. The molecular weight excluding hydrogens is 396 g/mol. The van der Waals surface area contributed by atoms with Gasteiger partial charge in [-0.15, -0.1) is 0 Å². The Morgan fingerprint density at radius 3 is 2.61 bits per heavy atom. The fourth-order valence-corrected chi connectivity index (χ4v) is 4.08. The van der Waals surface area contributed by atoms with E-state index in [0.717, 1.165) is 5.56 Å². The molecule has 1 fully saturated rings. The lowest BCUT2D eigenvalue weighted by atomic mass is 9.85. The molecule has 4 N–H and O–H groups in total. The van der Waals surface area contributed by atoms with Crippen molar-refractivity contribution in [1.29, 1.82) is 0 Å². The van der Waals surface area contributed by atoms with E-state index < -0.39 is 23.7 Å². The van der Waals surface area contributed by atoms with Crippen LogP contribution in [-0.2, 0) is 4.79 Å². The maximum Gasteiger partial charge on any atom is 0.228 e. The first-order chi connectivity index (χ1) is 14.9. The molecule has 1 saturated carbocycles. The van der Waals surface area contributed by atoms with Gasteiger partial charge in [-0.3, -0.25) is 4.79 Å². The minimum Gasteiger partial charge on any atom is -0.389 e. The predicted octanol–water partition coefficient (Wildman–Crippen LogP) is 0.687. The van der Waals surface area contributed by atoms with Crippen LogP contribution in [0.5, 0.6) is 0 Å². The molecule has 0 aliphatic heterocycles. The van der Waals surface area contributed by atoms with Gasteiger partial charge >= 0.3 is 0 Å². The Balaban J connectivity index is 1.78. The van der Waals surface area contributed by atoms with Crippen molar-refractivity contribution in [3.63, 3.8) is 0 Å². The number of anilines is 1. The SMILES string of the molecule is CNC(=O)C1(C)C[C@@H](n2cnc3c(NC)nc(C#Cc4ccccc4)nc32)[C@H](O)[C@@H]1O. The number of rotatable bonds is 3. The topological polar surface area (TPSA) is 125 Å². The second-order valence-corrected chi connectivity index (χ2v) is 7.79. The summed E-state index contributed by atoms with van der Waals surface area (Å²) in [6.07, 6.45) is -0.612. The molecule has 31 heavy (non-hydrogen) atoms. The van der Waals surface area contributed by atoms with Crippen molar-refractivity contribution in [1.82, 2.24) is 24.8 Å². The second kappa shape index (κ2) is 7.98. The quantitative estimate of drug-likeness (QED) is 0.459. The molecule has 1 amide bonds. The zero-order valence-electron chi connectivity index (χ0n) is 17.5. The Bertz CT molecular complexity index is 1180. The van der Waals surface area contributed by atoms with Gasteiger partial charge in [0.2, 0.25) is 11.7 Å². The zero-order valence-corrected chi connectivity index (χ0v) is 17.5. The van der Waals surface area contributed by atoms with Crippen LogP contribution >= 0.6 is 0 Å². The number of nitrogens with one attached hydrogen (secondary N) is 2. The number of amides is 1. The molecule has 0 radical (unpaired) electrons. The summed E-state index contributed by atoms with van der Waals surface area (Å²) in [6, 6.07) is 8.92. The van der Waals surface area contributed by atoms with Gasteiger partial charge in [0.1, 0.15) is 6.10 Å². The van der Waals surface area contributed by atoms with E-state index in [1.54, 1.807) is 24.9 Å². The molecule has 9 nitrogen and oxygen atoms in total. The number of carbonyl (C=O) groups excluding carboxylic acids is 1. The monoisotopic (exact) mass is 420 g/mol. The third kappa shape index (κ3) is 3.50. The molecule has 1 unspecified atom stereocenters. The molecule has 160 valence electrons. The van der Waals surface area contributed by atoms with Gasteiger partial charge in [-0.1, -0.05) is 24.1 Å². The largest absolute Gasteiger partial charge is 0.389 e. The van der Waals surface area contributed by atoms with Crippen LogP contribution in [0.4, 0.5) is 5.82 Å². The van der Waals surface area contributed by atoms with Crippen LogP contribution < -0.4 is 10.6 Å². The maximum absolute atomic E-state index is 12.4. The summed E-state index contributed by atoms with van der Waals surface area (Å²) in [4.78, 5) is 25.8. The van der Waals surface area contributed by atoms with Gasteiger partial charge in [-0.2, -0.15) is 0 Å². The Labute approximate surface area is 179 Å². The summed E-state index contributed by atoms with van der Waals surface area (Å²) in [6.45, 7) is 1.64. The van der Waals surface area contributed by atoms with Crippen molar-refractivity contribution in [2.24, 2.45) is 5.41 Å². The van der Waals surface area contributed by atoms with Gasteiger partial charge in [0.15, 0.2) is 17.0 Å². The molecule has 0 spiro atoms. The van der Waals surface area contributed by atoms with Crippen LogP contribution in [0.2, 0.25) is 0 Å². The number of fused-ring (bicyclic) bond motifs is 1. The number of aromatic nitrogens is 4. The van der Waals surface area contributed by atoms with Gasteiger partial charge < -0.3 is 25.4 Å². The summed E-state index contributed by atoms with van der Waals surface area (Å²) < 4.78 is 1.69. The number of hydrogen-bond acceptors (Lipinski definition) is 7. The molecular formula is C22H24N6O3. The molecule has 4 atom stereocenters. The van der Waals surface area contributed by atoms with E-state index in [9.17, 15) is 15.0 Å². The Kier molecular flexibility index (Phi) is 5.35. The van der Waals surface area contributed by atoms with Crippen molar-refractivity contribution in [3.8, 4) is 11.8 Å². The van der Waals surface area contributed by atoms with E-state index in [1.165, 1.54) is 7.05 Å². The summed E-state index contributed by atoms with van der Waals surface area (Å²) in [5.41, 5.74) is 0.683. The number of benzene rings is 1. The third-order valence-corrected chi connectivity index (χ3v) is 5.86. The van der Waals surface area contributed by atoms with Gasteiger partial charge in [-0.05, 0) is 31.4 Å². The lowest BCUT2D eigenvalue weighted by Crippen LogP contribution is -2.45. The summed E-state index contributed by atoms with van der Waals surface area (Å²) in [5, 5.41) is 26.9. The van der Waals surface area contributed by atoms with Crippen molar-refractivity contribution < 1.29 is 15.0 Å². The summed E-state index contributed by atoms with van der Waals surface area (Å²) in [7, 11) is 3.24. The molecule has 1 aromatic carbocycles. The normalized spacial score (nSPS) is 25.1. The molecule has 9 heteroatoms. The molecule has 1 aliphatic rings. The number of nitrogens with zero attached hydrogens (tertiary/aromatic N) is 4. The van der Waals surface area contributed by atoms with Crippen molar-refractivity contribution in [2.45, 2.75) is 31.6 Å². The lowest BCUT2D eigenvalue weighted by Gasteiger charge is -2.26. The fraction of sp³-hybridized carbons (Fsp3) is 0.364. The Hall–Kier alpha value is -3.48. The Morgan fingerprint density at radius 1 is 1.19 bits per heavy atom. The number of carbonyl (C=O) groups is 1. The van der Waals surface area contributed by atoms with Crippen LogP contribution in [0.1, 0.15) is 30.8 Å². The third-order valence-electron chi connectivity index (χ3n) is 5.86. The maximum atomic E-state index is 12.4. The average molecular weight is 420 g/mol. The van der Waals surface area contributed by atoms with E-state index in [-0.39, 0.29) is 12.3 Å². The highest BCUT2D eigenvalue weighted by Crippen LogP contribution is 2.45. The standard InChI is InChI=1S/C22H24N6O3/c1-22(21(31)24-3)11-14(17(29)18(22)30)28-12-25-16-19(23-2)26-15(27-20(16)28)10-9-13-7-5-4-6-8-13/h4-8,12,14,17-18,29-30H,11H2,1-3H3,(H,24,31)(H,23,26,27)/t14-,17+,18+,22?/m1/s1. The highest BCUT2D eigenvalue weighted by molar-refractivity contribution is 5.85. The van der Waals surface area contributed by atoms with Crippen molar-refractivity contribution in [3.05, 3.63) is 48.0 Å². The van der Waals surface area contributed by atoms with Crippen LogP contribution in [0.15, 0.2) is 36.7 Å². The van der Waals surface area contributed by atoms with E-state index in [2.05, 4.69) is 37.4 Å².